The molecule has 2 heteroatoms. The Hall–Kier alpha value is -0.600. The number of hydrogen-bond donors (Lipinski definition) is 0. The highest BCUT2D eigenvalue weighted by Gasteiger charge is 2.06. The highest BCUT2D eigenvalue weighted by Crippen LogP contribution is 2.15. The van der Waals surface area contributed by atoms with Crippen molar-refractivity contribution < 1.29 is 0 Å². The molecule has 0 aliphatic carbocycles. The smallest absolute Gasteiger partial charge is 0.00155 e. The van der Waals surface area contributed by atoms with E-state index in [2.05, 4.69) is 49.9 Å². The summed E-state index contributed by atoms with van der Waals surface area (Å²) in [6.45, 7) is 9.36. The van der Waals surface area contributed by atoms with Crippen molar-refractivity contribution in [3.05, 3.63) is 23.3 Å². The first-order valence-corrected chi connectivity index (χ1v) is 8.31. The van der Waals surface area contributed by atoms with Crippen molar-refractivity contribution in [3.63, 3.8) is 0 Å². The number of hydrogen-bond acceptors (Lipinski definition) is 2. The van der Waals surface area contributed by atoms with E-state index in [1.807, 2.05) is 0 Å². The maximum Gasteiger partial charge on any atom is 0.00155 e. The van der Waals surface area contributed by atoms with Crippen LogP contribution in [0.1, 0.15) is 52.4 Å². The van der Waals surface area contributed by atoms with Gasteiger partial charge >= 0.3 is 0 Å². The molecule has 2 aliphatic heterocycles. The van der Waals surface area contributed by atoms with E-state index in [0.717, 1.165) is 0 Å². The van der Waals surface area contributed by atoms with Crippen LogP contribution in [0.15, 0.2) is 23.3 Å². The SMILES string of the molecule is CC=C1CCCN(C)CC1.CC=C1CCCN(C)CC1. The Kier molecular flexibility index (Phi) is 8.88. The largest absolute Gasteiger partial charge is 0.306 e. The Morgan fingerprint density at radius 3 is 1.40 bits per heavy atom. The van der Waals surface area contributed by atoms with Gasteiger partial charge in [0.05, 0.1) is 0 Å². The summed E-state index contributed by atoms with van der Waals surface area (Å²) in [5, 5.41) is 0. The standard InChI is InChI=1S/2C9H17N/c2*1-3-9-5-4-7-10(2)8-6-9/h2*3H,4-8H2,1-2H3. The Morgan fingerprint density at radius 1 is 0.650 bits per heavy atom. The molecule has 20 heavy (non-hydrogen) atoms. The van der Waals surface area contributed by atoms with Gasteiger partial charge in [-0.1, -0.05) is 23.3 Å². The molecule has 0 amide bonds. The van der Waals surface area contributed by atoms with Crippen molar-refractivity contribution in [2.75, 3.05) is 40.3 Å². The zero-order valence-corrected chi connectivity index (χ0v) is 14.1. The van der Waals surface area contributed by atoms with Crippen LogP contribution in [0, 0.1) is 0 Å². The fourth-order valence-corrected chi connectivity index (χ4v) is 2.87. The summed E-state index contributed by atoms with van der Waals surface area (Å²) in [7, 11) is 4.41. The first-order valence-electron chi connectivity index (χ1n) is 8.31. The maximum absolute atomic E-state index is 2.41. The van der Waals surface area contributed by atoms with Crippen LogP contribution in [-0.4, -0.2) is 50.1 Å². The molecule has 2 aliphatic rings. The third kappa shape index (κ3) is 7.25. The fourth-order valence-electron chi connectivity index (χ4n) is 2.87. The van der Waals surface area contributed by atoms with Crippen molar-refractivity contribution >= 4 is 0 Å². The molecule has 116 valence electrons. The van der Waals surface area contributed by atoms with Crippen molar-refractivity contribution in [3.8, 4) is 0 Å². The molecule has 2 nitrogen and oxygen atoms in total. The molecule has 2 saturated heterocycles. The molecule has 0 aromatic heterocycles. The summed E-state index contributed by atoms with van der Waals surface area (Å²) in [5.41, 5.74) is 3.29. The van der Waals surface area contributed by atoms with Gasteiger partial charge in [-0.15, -0.1) is 0 Å². The third-order valence-corrected chi connectivity index (χ3v) is 4.52. The molecule has 0 radical (unpaired) electrons. The first kappa shape index (κ1) is 17.5. The van der Waals surface area contributed by atoms with Crippen molar-refractivity contribution in [1.82, 2.24) is 9.80 Å². The zero-order valence-electron chi connectivity index (χ0n) is 14.1. The van der Waals surface area contributed by atoms with Gasteiger partial charge in [0.1, 0.15) is 0 Å². The summed E-state index contributed by atoms with van der Waals surface area (Å²) in [4.78, 5) is 4.83. The topological polar surface area (TPSA) is 6.48 Å². The van der Waals surface area contributed by atoms with Crippen LogP contribution in [0.2, 0.25) is 0 Å². The van der Waals surface area contributed by atoms with Crippen LogP contribution in [-0.2, 0) is 0 Å². The molecule has 0 spiro atoms. The summed E-state index contributed by atoms with van der Waals surface area (Å²) in [6.07, 6.45) is 12.5. The van der Waals surface area contributed by atoms with Crippen molar-refractivity contribution in [2.45, 2.75) is 52.4 Å². The Bertz CT molecular complexity index is 285. The van der Waals surface area contributed by atoms with E-state index in [0.29, 0.717) is 0 Å². The first-order chi connectivity index (χ1) is 9.65. The lowest BCUT2D eigenvalue weighted by Crippen LogP contribution is -2.18. The van der Waals surface area contributed by atoms with Gasteiger partial charge in [-0.2, -0.15) is 0 Å². The predicted molar refractivity (Wildman–Crippen MR) is 90.2 cm³/mol. The highest BCUT2D eigenvalue weighted by atomic mass is 15.1. The van der Waals surface area contributed by atoms with Crippen LogP contribution in [0.25, 0.3) is 0 Å². The molecule has 2 heterocycles. The van der Waals surface area contributed by atoms with Crippen molar-refractivity contribution in [2.24, 2.45) is 0 Å². The number of nitrogens with zero attached hydrogens (tertiary/aromatic N) is 2. The van der Waals surface area contributed by atoms with E-state index < -0.39 is 0 Å². The molecular weight excluding hydrogens is 244 g/mol. The zero-order chi connectivity index (χ0) is 14.8. The van der Waals surface area contributed by atoms with Gasteiger partial charge in [-0.3, -0.25) is 0 Å². The van der Waals surface area contributed by atoms with Crippen LogP contribution >= 0.6 is 0 Å². The lowest BCUT2D eigenvalue weighted by atomic mass is 10.1. The van der Waals surface area contributed by atoms with Crippen LogP contribution < -0.4 is 0 Å². The molecule has 0 atom stereocenters. The van der Waals surface area contributed by atoms with Gasteiger partial charge in [-0.05, 0) is 79.6 Å². The second-order valence-electron chi connectivity index (χ2n) is 6.21. The number of likely N-dealkylation sites (tertiary alicyclic amines) is 2. The van der Waals surface area contributed by atoms with Crippen molar-refractivity contribution in [1.29, 1.82) is 0 Å². The Labute approximate surface area is 126 Å². The lowest BCUT2D eigenvalue weighted by molar-refractivity contribution is 0.351. The summed E-state index contributed by atoms with van der Waals surface area (Å²) in [6, 6.07) is 0. The van der Waals surface area contributed by atoms with Crippen LogP contribution in [0.4, 0.5) is 0 Å². The molecule has 0 unspecified atom stereocenters. The second-order valence-corrected chi connectivity index (χ2v) is 6.21. The summed E-state index contributed by atoms with van der Waals surface area (Å²) >= 11 is 0. The molecule has 2 rings (SSSR count). The normalized spacial score (nSPS) is 26.8. The summed E-state index contributed by atoms with van der Waals surface area (Å²) in [5.74, 6) is 0. The molecule has 0 saturated carbocycles. The number of allylic oxidation sites excluding steroid dienone is 2. The van der Waals surface area contributed by atoms with Gasteiger partial charge in [-0.25, -0.2) is 0 Å². The van der Waals surface area contributed by atoms with Crippen LogP contribution in [0.5, 0.6) is 0 Å². The minimum absolute atomic E-state index is 1.25. The molecule has 0 aromatic rings. The maximum atomic E-state index is 2.41. The van der Waals surface area contributed by atoms with E-state index in [-0.39, 0.29) is 0 Å². The molecule has 2 fully saturated rings. The average Bonchev–Trinajstić information content (AvgIpc) is 2.79. The Balaban J connectivity index is 0.000000200. The number of rotatable bonds is 0. The summed E-state index contributed by atoms with van der Waals surface area (Å²) < 4.78 is 0. The minimum atomic E-state index is 1.25. The predicted octanol–water partition coefficient (Wildman–Crippen LogP) is 4.10. The lowest BCUT2D eigenvalue weighted by Gasteiger charge is -2.10. The molecule has 0 bridgehead atoms. The average molecular weight is 278 g/mol. The van der Waals surface area contributed by atoms with E-state index >= 15 is 0 Å². The van der Waals surface area contributed by atoms with E-state index in [1.165, 1.54) is 64.7 Å². The minimum Gasteiger partial charge on any atom is -0.306 e. The van der Waals surface area contributed by atoms with Gasteiger partial charge in [0.25, 0.3) is 0 Å². The van der Waals surface area contributed by atoms with Crippen LogP contribution in [0.3, 0.4) is 0 Å². The molecular formula is C18H34N2. The van der Waals surface area contributed by atoms with E-state index in [4.69, 9.17) is 0 Å². The van der Waals surface area contributed by atoms with E-state index in [9.17, 15) is 0 Å². The quantitative estimate of drug-likeness (QED) is 0.616. The van der Waals surface area contributed by atoms with Gasteiger partial charge < -0.3 is 9.80 Å². The molecule has 0 N–H and O–H groups in total. The highest BCUT2D eigenvalue weighted by molar-refractivity contribution is 5.02. The van der Waals surface area contributed by atoms with Gasteiger partial charge in [0.2, 0.25) is 0 Å². The fraction of sp³-hybridized carbons (Fsp3) is 0.778. The third-order valence-electron chi connectivity index (χ3n) is 4.52. The monoisotopic (exact) mass is 278 g/mol. The Morgan fingerprint density at radius 2 is 1.05 bits per heavy atom. The van der Waals surface area contributed by atoms with E-state index in [1.54, 1.807) is 11.1 Å². The molecule has 0 aromatic carbocycles. The van der Waals surface area contributed by atoms with Gasteiger partial charge in [0, 0.05) is 13.1 Å². The van der Waals surface area contributed by atoms with Gasteiger partial charge in [0.15, 0.2) is 0 Å². The second kappa shape index (κ2) is 10.2.